The van der Waals surface area contributed by atoms with E-state index in [1.54, 1.807) is 11.9 Å². The third-order valence-corrected chi connectivity index (χ3v) is 2.93. The molecule has 4 heteroatoms. The van der Waals surface area contributed by atoms with E-state index < -0.39 is 5.97 Å². The predicted octanol–water partition coefficient (Wildman–Crippen LogP) is 2.11. The van der Waals surface area contributed by atoms with E-state index in [9.17, 15) is 9.59 Å². The summed E-state index contributed by atoms with van der Waals surface area (Å²) in [5.41, 5.74) is 0.979. The Kier molecular flexibility index (Phi) is 5.36. The topological polar surface area (TPSA) is 57.6 Å². The van der Waals surface area contributed by atoms with Gasteiger partial charge in [0.05, 0.1) is 5.92 Å². The molecule has 0 spiro atoms. The summed E-state index contributed by atoms with van der Waals surface area (Å²) < 4.78 is 0. The molecule has 0 aliphatic carbocycles. The maximum Gasteiger partial charge on any atom is 0.303 e. The van der Waals surface area contributed by atoms with Crippen LogP contribution in [0.25, 0.3) is 0 Å². The van der Waals surface area contributed by atoms with Crippen LogP contribution in [-0.4, -0.2) is 35.5 Å². The average molecular weight is 249 g/mol. The number of nitrogens with zero attached hydrogens (tertiary/aromatic N) is 1. The van der Waals surface area contributed by atoms with Crippen molar-refractivity contribution in [3.8, 4) is 0 Å². The molecule has 1 atom stereocenters. The minimum absolute atomic E-state index is 0.0200. The van der Waals surface area contributed by atoms with E-state index in [1.165, 1.54) is 0 Å². The molecule has 1 aromatic carbocycles. The van der Waals surface area contributed by atoms with Crippen LogP contribution < -0.4 is 0 Å². The van der Waals surface area contributed by atoms with Gasteiger partial charge in [-0.25, -0.2) is 0 Å². The van der Waals surface area contributed by atoms with Crippen LogP contribution in [0.2, 0.25) is 0 Å². The third-order valence-electron chi connectivity index (χ3n) is 2.93. The quantitative estimate of drug-likeness (QED) is 0.840. The Morgan fingerprint density at radius 3 is 2.44 bits per heavy atom. The molecule has 0 fully saturated rings. The molecular formula is C14H19NO3. The first-order valence-corrected chi connectivity index (χ1v) is 6.04. The van der Waals surface area contributed by atoms with E-state index in [0.717, 1.165) is 5.56 Å². The van der Waals surface area contributed by atoms with Crippen molar-refractivity contribution < 1.29 is 14.7 Å². The van der Waals surface area contributed by atoms with Crippen molar-refractivity contribution in [2.24, 2.45) is 0 Å². The number of amides is 1. The Balaban J connectivity index is 2.50. The molecule has 0 aliphatic heterocycles. The molecule has 0 heterocycles. The van der Waals surface area contributed by atoms with Crippen molar-refractivity contribution in [1.29, 1.82) is 0 Å². The van der Waals surface area contributed by atoms with Gasteiger partial charge in [-0.15, -0.1) is 0 Å². The van der Waals surface area contributed by atoms with Crippen LogP contribution in [0.1, 0.15) is 31.2 Å². The lowest BCUT2D eigenvalue weighted by molar-refractivity contribution is -0.138. The fraction of sp³-hybridized carbons (Fsp3) is 0.429. The molecule has 18 heavy (non-hydrogen) atoms. The largest absolute Gasteiger partial charge is 0.481 e. The Morgan fingerprint density at radius 1 is 1.28 bits per heavy atom. The highest BCUT2D eigenvalue weighted by Crippen LogP contribution is 2.17. The summed E-state index contributed by atoms with van der Waals surface area (Å²) in [4.78, 5) is 24.1. The monoisotopic (exact) mass is 249 g/mol. The number of rotatable bonds is 6. The lowest BCUT2D eigenvalue weighted by Crippen LogP contribution is -2.31. The van der Waals surface area contributed by atoms with Gasteiger partial charge in [-0.1, -0.05) is 30.3 Å². The van der Waals surface area contributed by atoms with E-state index in [2.05, 4.69) is 0 Å². The van der Waals surface area contributed by atoms with Gasteiger partial charge >= 0.3 is 5.97 Å². The number of aliphatic carboxylic acids is 1. The lowest BCUT2D eigenvalue weighted by Gasteiger charge is -2.21. The van der Waals surface area contributed by atoms with Crippen LogP contribution in [0.4, 0.5) is 0 Å². The summed E-state index contributed by atoms with van der Waals surface area (Å²) in [6, 6.07) is 9.58. The number of benzene rings is 1. The fourth-order valence-electron chi connectivity index (χ4n) is 1.79. The molecule has 0 unspecified atom stereocenters. The number of carboxylic acids is 1. The van der Waals surface area contributed by atoms with Crippen LogP contribution in [0.5, 0.6) is 0 Å². The second-order valence-corrected chi connectivity index (χ2v) is 4.39. The standard InChI is InChI=1S/C14H19NO3/c1-11(12-7-4-3-5-8-12)14(18)15(2)10-6-9-13(16)17/h3-5,7-8,11H,6,9-10H2,1-2H3,(H,16,17)/t11-/m0/s1. The summed E-state index contributed by atoms with van der Waals surface area (Å²) >= 11 is 0. The molecule has 98 valence electrons. The van der Waals surface area contributed by atoms with Crippen molar-refractivity contribution in [2.75, 3.05) is 13.6 Å². The minimum Gasteiger partial charge on any atom is -0.481 e. The average Bonchev–Trinajstić information content (AvgIpc) is 2.37. The number of likely N-dealkylation sites (N-methyl/N-ethyl adjacent to an activating group) is 1. The molecule has 0 saturated heterocycles. The van der Waals surface area contributed by atoms with Crippen LogP contribution in [-0.2, 0) is 9.59 Å². The zero-order chi connectivity index (χ0) is 13.5. The van der Waals surface area contributed by atoms with Gasteiger partial charge in [-0.05, 0) is 18.9 Å². The van der Waals surface area contributed by atoms with E-state index in [-0.39, 0.29) is 18.2 Å². The third kappa shape index (κ3) is 4.20. The lowest BCUT2D eigenvalue weighted by atomic mass is 10.00. The smallest absolute Gasteiger partial charge is 0.303 e. The van der Waals surface area contributed by atoms with Gasteiger partial charge in [0.15, 0.2) is 0 Å². The van der Waals surface area contributed by atoms with Gasteiger partial charge in [-0.3, -0.25) is 9.59 Å². The fourth-order valence-corrected chi connectivity index (χ4v) is 1.79. The number of carbonyl (C=O) groups is 2. The summed E-state index contributed by atoms with van der Waals surface area (Å²) in [7, 11) is 1.71. The molecule has 1 amide bonds. The van der Waals surface area contributed by atoms with E-state index in [0.29, 0.717) is 13.0 Å². The second kappa shape index (κ2) is 6.79. The van der Waals surface area contributed by atoms with E-state index in [1.807, 2.05) is 37.3 Å². The summed E-state index contributed by atoms with van der Waals surface area (Å²) in [6.07, 6.45) is 0.580. The van der Waals surface area contributed by atoms with Crippen molar-refractivity contribution in [2.45, 2.75) is 25.7 Å². The molecule has 0 aromatic heterocycles. The highest BCUT2D eigenvalue weighted by Gasteiger charge is 2.18. The van der Waals surface area contributed by atoms with Crippen molar-refractivity contribution in [3.05, 3.63) is 35.9 Å². The Labute approximate surface area is 107 Å². The van der Waals surface area contributed by atoms with Crippen molar-refractivity contribution >= 4 is 11.9 Å². The summed E-state index contributed by atoms with van der Waals surface area (Å²) in [5.74, 6) is -1.00. The zero-order valence-corrected chi connectivity index (χ0v) is 10.8. The molecule has 0 radical (unpaired) electrons. The Hall–Kier alpha value is -1.84. The van der Waals surface area contributed by atoms with E-state index >= 15 is 0 Å². The first-order valence-electron chi connectivity index (χ1n) is 6.04. The van der Waals surface area contributed by atoms with Gasteiger partial charge in [0.2, 0.25) is 5.91 Å². The summed E-state index contributed by atoms with van der Waals surface area (Å²) in [5, 5.41) is 8.55. The van der Waals surface area contributed by atoms with Crippen LogP contribution >= 0.6 is 0 Å². The van der Waals surface area contributed by atoms with Gasteiger partial charge in [0.25, 0.3) is 0 Å². The normalized spacial score (nSPS) is 11.9. The number of hydrogen-bond acceptors (Lipinski definition) is 2. The van der Waals surface area contributed by atoms with Gasteiger partial charge in [-0.2, -0.15) is 0 Å². The minimum atomic E-state index is -0.827. The highest BCUT2D eigenvalue weighted by molar-refractivity contribution is 5.83. The Morgan fingerprint density at radius 2 is 1.89 bits per heavy atom. The number of hydrogen-bond donors (Lipinski definition) is 1. The van der Waals surface area contributed by atoms with Crippen molar-refractivity contribution in [1.82, 2.24) is 4.90 Å². The molecular weight excluding hydrogens is 230 g/mol. The highest BCUT2D eigenvalue weighted by atomic mass is 16.4. The molecule has 1 rings (SSSR count). The van der Waals surface area contributed by atoms with Gasteiger partial charge in [0, 0.05) is 20.0 Å². The van der Waals surface area contributed by atoms with Gasteiger partial charge in [0.1, 0.15) is 0 Å². The maximum absolute atomic E-state index is 12.1. The Bertz CT molecular complexity index is 403. The maximum atomic E-state index is 12.1. The molecule has 4 nitrogen and oxygen atoms in total. The van der Waals surface area contributed by atoms with Gasteiger partial charge < -0.3 is 10.0 Å². The number of carboxylic acid groups (broad SMARTS) is 1. The van der Waals surface area contributed by atoms with Crippen LogP contribution in [0.15, 0.2) is 30.3 Å². The molecule has 1 aromatic rings. The first kappa shape index (κ1) is 14.2. The molecule has 0 aliphatic rings. The van der Waals surface area contributed by atoms with Crippen LogP contribution in [0.3, 0.4) is 0 Å². The first-order chi connectivity index (χ1) is 8.52. The molecule has 0 saturated carbocycles. The number of carbonyl (C=O) groups excluding carboxylic acids is 1. The summed E-state index contributed by atoms with van der Waals surface area (Å²) in [6.45, 7) is 2.34. The van der Waals surface area contributed by atoms with Crippen molar-refractivity contribution in [3.63, 3.8) is 0 Å². The molecule has 1 N–H and O–H groups in total. The predicted molar refractivity (Wildman–Crippen MR) is 69.4 cm³/mol. The van der Waals surface area contributed by atoms with Crippen LogP contribution in [0, 0.1) is 0 Å². The zero-order valence-electron chi connectivity index (χ0n) is 10.8. The SMILES string of the molecule is C[C@H](C(=O)N(C)CCCC(=O)O)c1ccccc1. The van der Waals surface area contributed by atoms with E-state index in [4.69, 9.17) is 5.11 Å². The molecule has 0 bridgehead atoms. The second-order valence-electron chi connectivity index (χ2n) is 4.39.